The van der Waals surface area contributed by atoms with Crippen LogP contribution in [-0.4, -0.2) is 22.3 Å². The van der Waals surface area contributed by atoms with Crippen LogP contribution in [0, 0.1) is 0 Å². The Kier molecular flexibility index (Phi) is 8.60. The summed E-state index contributed by atoms with van der Waals surface area (Å²) in [5.74, 6) is 0. The minimum atomic E-state index is -5.74. The topological polar surface area (TPSA) is 104 Å². The zero-order valence-corrected chi connectivity index (χ0v) is 19.7. The van der Waals surface area contributed by atoms with Crippen molar-refractivity contribution in [2.24, 2.45) is 0 Å². The Labute approximate surface area is 195 Å². The van der Waals surface area contributed by atoms with E-state index in [9.17, 15) is 30.0 Å². The summed E-state index contributed by atoms with van der Waals surface area (Å²) in [5.41, 5.74) is -6.11. The summed E-state index contributed by atoms with van der Waals surface area (Å²) in [7, 11) is -10.2. The fourth-order valence-electron chi connectivity index (χ4n) is 1.72. The van der Waals surface area contributed by atoms with Gasteiger partial charge in [-0.2, -0.15) is 21.6 Å². The molecular weight excluding hydrogens is 495 g/mol. The van der Waals surface area contributed by atoms with Crippen LogP contribution in [0.15, 0.2) is 51.1 Å². The van der Waals surface area contributed by atoms with Gasteiger partial charge >= 0.3 is 45.1 Å². The van der Waals surface area contributed by atoms with Crippen molar-refractivity contribution in [3.8, 4) is 0 Å². The van der Waals surface area contributed by atoms with E-state index < -0.39 is 36.1 Å². The van der Waals surface area contributed by atoms with Gasteiger partial charge in [0.05, 0.1) is 20.7 Å². The number of anilines is 1. The summed E-state index contributed by atoms with van der Waals surface area (Å²) in [6.07, 6.45) is 0. The Morgan fingerprint density at radius 3 is 2.07 bits per heavy atom. The maximum absolute atomic E-state index is 12.6. The van der Waals surface area contributed by atoms with Gasteiger partial charge in [-0.05, 0) is 36.4 Å². The van der Waals surface area contributed by atoms with Gasteiger partial charge in [-0.25, -0.2) is 8.42 Å². The third-order valence-corrected chi connectivity index (χ3v) is 6.69. The van der Waals surface area contributed by atoms with Crippen molar-refractivity contribution < 1.29 is 59.6 Å². The van der Waals surface area contributed by atoms with E-state index in [4.69, 9.17) is 28.3 Å². The molecule has 148 valence electrons. The van der Waals surface area contributed by atoms with Gasteiger partial charge in [0.2, 0.25) is 0 Å². The van der Waals surface area contributed by atoms with Crippen molar-refractivity contribution in [3.05, 3.63) is 51.6 Å². The molecule has 28 heavy (non-hydrogen) atoms. The minimum Gasteiger partial charge on any atom is -0.560 e. The summed E-state index contributed by atoms with van der Waals surface area (Å²) in [5, 5.41) is 7.46. The first-order valence-electron chi connectivity index (χ1n) is 6.56. The van der Waals surface area contributed by atoms with Crippen LogP contribution in [0.5, 0.6) is 0 Å². The van der Waals surface area contributed by atoms with Crippen LogP contribution in [0.3, 0.4) is 0 Å². The zero-order chi connectivity index (χ0) is 20.6. The van der Waals surface area contributed by atoms with Crippen molar-refractivity contribution in [1.29, 1.82) is 0 Å². The quantitative estimate of drug-likeness (QED) is 0.630. The maximum atomic E-state index is 12.6. The first-order chi connectivity index (χ1) is 12.2. The molecule has 0 bridgehead atoms. The Morgan fingerprint density at radius 1 is 0.964 bits per heavy atom. The third kappa shape index (κ3) is 6.41. The van der Waals surface area contributed by atoms with Crippen LogP contribution in [0.2, 0.25) is 10.0 Å². The zero-order valence-electron chi connectivity index (χ0n) is 13.7. The third-order valence-electron chi connectivity index (χ3n) is 2.93. The summed E-state index contributed by atoms with van der Waals surface area (Å²) >= 11 is 12.4. The second kappa shape index (κ2) is 9.31. The monoisotopic (exact) mass is 502 g/mol. The molecule has 15 heteroatoms. The summed E-state index contributed by atoms with van der Waals surface area (Å²) < 4.78 is 84.8. The molecule has 0 spiro atoms. The molecule has 2 aromatic rings. The molecule has 2 N–H and O–H groups in total. The number of halogens is 5. The van der Waals surface area contributed by atoms with Crippen LogP contribution >= 0.6 is 35.0 Å². The molecule has 0 aliphatic heterocycles. The van der Waals surface area contributed by atoms with Crippen LogP contribution in [0.25, 0.3) is 5.14 Å². The standard InChI is InChI=1S/C13H8Cl2F3N2O4S3.Na/c14-7-1-4-11(9(15)5-7)25-12-6-8(26(19,21)22)2-3-10(12)20-27(23,24)13(16,17)18;/h1-6,20H,(H-,19,21,22);/q-1;+1. The number of alkyl halides is 3. The van der Waals surface area contributed by atoms with Gasteiger partial charge in [0, 0.05) is 19.7 Å². The molecule has 0 fully saturated rings. The van der Waals surface area contributed by atoms with Crippen molar-refractivity contribution in [2.75, 3.05) is 4.72 Å². The molecule has 0 unspecified atom stereocenters. The molecule has 0 aliphatic rings. The molecule has 0 amide bonds. The average Bonchev–Trinajstić information content (AvgIpc) is 2.49. The SMILES string of the molecule is [NH-]S(=O)(=O)c1ccc(NS(=O)(=O)C(F)(F)F)c(Sc2ccc(Cl)cc2Cl)c1.[Na+]. The van der Waals surface area contributed by atoms with Crippen molar-refractivity contribution in [1.82, 2.24) is 0 Å². The van der Waals surface area contributed by atoms with Gasteiger partial charge in [-0.3, -0.25) is 4.72 Å². The first-order valence-corrected chi connectivity index (χ1v) is 11.1. The van der Waals surface area contributed by atoms with Gasteiger partial charge in [-0.1, -0.05) is 35.0 Å². The van der Waals surface area contributed by atoms with E-state index >= 15 is 0 Å². The number of sulfonamides is 2. The molecule has 2 rings (SSSR count). The van der Waals surface area contributed by atoms with Gasteiger partial charge in [-0.15, -0.1) is 0 Å². The largest absolute Gasteiger partial charge is 1.00 e. The number of hydrogen-bond acceptors (Lipinski definition) is 5. The predicted molar refractivity (Wildman–Crippen MR) is 97.1 cm³/mol. The van der Waals surface area contributed by atoms with Crippen molar-refractivity contribution >= 4 is 60.7 Å². The van der Waals surface area contributed by atoms with E-state index in [-0.39, 0.29) is 49.4 Å². The van der Waals surface area contributed by atoms with E-state index in [0.717, 1.165) is 18.2 Å². The molecule has 0 aromatic heterocycles. The Bertz CT molecular complexity index is 1100. The van der Waals surface area contributed by atoms with Crippen molar-refractivity contribution in [3.63, 3.8) is 0 Å². The van der Waals surface area contributed by atoms with Crippen LogP contribution in [0.1, 0.15) is 0 Å². The van der Waals surface area contributed by atoms with Gasteiger partial charge in [0.1, 0.15) is 0 Å². The van der Waals surface area contributed by atoms with E-state index in [1.807, 2.05) is 0 Å². The average molecular weight is 503 g/mol. The van der Waals surface area contributed by atoms with E-state index in [0.29, 0.717) is 11.8 Å². The molecule has 0 aliphatic carbocycles. The second-order valence-electron chi connectivity index (χ2n) is 4.89. The van der Waals surface area contributed by atoms with E-state index in [1.165, 1.54) is 22.9 Å². The number of rotatable bonds is 5. The van der Waals surface area contributed by atoms with Gasteiger partial charge in [0.25, 0.3) is 0 Å². The van der Waals surface area contributed by atoms with E-state index in [2.05, 4.69) is 0 Å². The molecule has 0 saturated carbocycles. The smallest absolute Gasteiger partial charge is 0.560 e. The fourth-order valence-corrected chi connectivity index (χ4v) is 4.43. The number of hydrogen-bond donors (Lipinski definition) is 1. The second-order valence-corrected chi connectivity index (χ2v) is 9.97. The number of benzene rings is 2. The molecule has 0 saturated heterocycles. The van der Waals surface area contributed by atoms with Crippen LogP contribution in [0.4, 0.5) is 18.9 Å². The van der Waals surface area contributed by atoms with Crippen LogP contribution in [-0.2, 0) is 20.0 Å². The first kappa shape index (κ1) is 25.9. The summed E-state index contributed by atoms with van der Waals surface area (Å²) in [6.45, 7) is 0. The molecule has 2 aromatic carbocycles. The Hall–Kier alpha value is -0.180. The van der Waals surface area contributed by atoms with Gasteiger partial charge < -0.3 is 5.14 Å². The van der Waals surface area contributed by atoms with Crippen LogP contribution < -0.4 is 34.3 Å². The Balaban J connectivity index is 0.00000392. The molecular formula is C13H8Cl2F3N2NaO4S3. The maximum Gasteiger partial charge on any atom is 1.00 e. The molecule has 6 nitrogen and oxygen atoms in total. The number of nitrogens with one attached hydrogen (secondary N) is 2. The molecule has 0 heterocycles. The molecule has 0 atom stereocenters. The normalized spacial score (nSPS) is 12.4. The molecule has 0 radical (unpaired) electrons. The summed E-state index contributed by atoms with van der Waals surface area (Å²) in [4.78, 5) is -0.474. The fraction of sp³-hybridized carbons (Fsp3) is 0.0769. The Morgan fingerprint density at radius 2 is 1.57 bits per heavy atom. The van der Waals surface area contributed by atoms with Gasteiger partial charge in [0.15, 0.2) is 0 Å². The van der Waals surface area contributed by atoms with E-state index in [1.54, 1.807) is 0 Å². The predicted octanol–water partition coefficient (Wildman–Crippen LogP) is 2.15. The minimum absolute atomic E-state index is 0. The van der Waals surface area contributed by atoms with Crippen molar-refractivity contribution in [2.45, 2.75) is 20.2 Å². The summed E-state index contributed by atoms with van der Waals surface area (Å²) in [6, 6.07) is 6.68.